The molecule has 0 saturated carbocycles. The third-order valence-corrected chi connectivity index (χ3v) is 8.31. The van der Waals surface area contributed by atoms with Gasteiger partial charge in [0.2, 0.25) is 17.5 Å². The summed E-state index contributed by atoms with van der Waals surface area (Å²) in [7, 11) is 1.65. The quantitative estimate of drug-likeness (QED) is 0.243. The SMILES string of the molecule is COCCn1cnc2c(-c3cncc(F)c3)nc(N3CCOCC3)nc21.N#CCn1cnc2c(-c3ccc(=O)[nH]c3)nc(N3CCOCC3)nc21. The summed E-state index contributed by atoms with van der Waals surface area (Å²) in [5, 5.41) is 9.02. The number of aromatic amines is 1. The van der Waals surface area contributed by atoms with Crippen molar-refractivity contribution in [1.82, 2.24) is 49.0 Å². The lowest BCUT2D eigenvalue weighted by Crippen LogP contribution is -2.37. The van der Waals surface area contributed by atoms with Crippen molar-refractivity contribution in [2.24, 2.45) is 0 Å². The van der Waals surface area contributed by atoms with Crippen LogP contribution in [0.1, 0.15) is 0 Å². The molecular formula is C33H34FN13O4. The van der Waals surface area contributed by atoms with Crippen molar-refractivity contribution in [2.75, 3.05) is 76.1 Å². The number of methoxy groups -OCH3 is 1. The van der Waals surface area contributed by atoms with E-state index in [1.54, 1.807) is 42.8 Å². The molecule has 0 aliphatic carbocycles. The first-order valence-corrected chi connectivity index (χ1v) is 16.3. The minimum Gasteiger partial charge on any atom is -0.383 e. The van der Waals surface area contributed by atoms with Crippen LogP contribution in [0, 0.1) is 17.1 Å². The normalized spacial score (nSPS) is 14.8. The molecule has 0 spiro atoms. The zero-order valence-corrected chi connectivity index (χ0v) is 27.8. The van der Waals surface area contributed by atoms with Crippen LogP contribution in [0.25, 0.3) is 44.8 Å². The molecule has 18 heteroatoms. The van der Waals surface area contributed by atoms with Crippen molar-refractivity contribution < 1.29 is 18.6 Å². The summed E-state index contributed by atoms with van der Waals surface area (Å²) in [6.07, 6.45) is 7.65. The van der Waals surface area contributed by atoms with Gasteiger partial charge in [-0.05, 0) is 12.1 Å². The van der Waals surface area contributed by atoms with Crippen molar-refractivity contribution in [3.63, 3.8) is 0 Å². The highest BCUT2D eigenvalue weighted by Gasteiger charge is 2.22. The van der Waals surface area contributed by atoms with Gasteiger partial charge in [0.1, 0.15) is 34.8 Å². The summed E-state index contributed by atoms with van der Waals surface area (Å²) in [4.78, 5) is 49.6. The molecular weight excluding hydrogens is 661 g/mol. The molecule has 0 aromatic carbocycles. The number of pyridine rings is 2. The number of nitrogens with zero attached hydrogens (tertiary/aromatic N) is 12. The standard InChI is InChI=1S/C17H19FN6O2.C16H15N7O2/c1-25-5-2-24-11-20-15-14(12-8-13(18)10-19-9-12)21-17(22-16(15)24)23-3-6-26-7-4-23;17-3-4-23-10-19-14-13(11-1-2-12(24)18-9-11)20-16(21-15(14)23)22-5-7-25-8-6-22/h8-11H,2-7H2,1H3;1-2,9-10H,4-8H2,(H,18,24). The lowest BCUT2D eigenvalue weighted by Gasteiger charge is -2.27. The van der Waals surface area contributed by atoms with Gasteiger partial charge in [0, 0.05) is 69.4 Å². The molecule has 8 rings (SSSR count). The second-order valence-corrected chi connectivity index (χ2v) is 11.6. The van der Waals surface area contributed by atoms with E-state index in [2.05, 4.69) is 45.9 Å². The zero-order chi connectivity index (χ0) is 35.2. The highest BCUT2D eigenvalue weighted by atomic mass is 19.1. The number of nitriles is 1. The van der Waals surface area contributed by atoms with Crippen LogP contribution in [-0.4, -0.2) is 115 Å². The van der Waals surface area contributed by atoms with Crippen molar-refractivity contribution >= 4 is 34.2 Å². The van der Waals surface area contributed by atoms with Crippen molar-refractivity contribution in [2.45, 2.75) is 13.1 Å². The third kappa shape index (κ3) is 7.35. The minimum atomic E-state index is -0.416. The van der Waals surface area contributed by atoms with Gasteiger partial charge in [-0.15, -0.1) is 0 Å². The molecule has 6 aromatic rings. The van der Waals surface area contributed by atoms with E-state index in [-0.39, 0.29) is 12.1 Å². The van der Waals surface area contributed by atoms with Gasteiger partial charge in [0.15, 0.2) is 11.3 Å². The van der Waals surface area contributed by atoms with Gasteiger partial charge in [-0.2, -0.15) is 15.2 Å². The second kappa shape index (κ2) is 15.3. The molecule has 0 unspecified atom stereocenters. The second-order valence-electron chi connectivity index (χ2n) is 11.6. The van der Waals surface area contributed by atoms with Crippen molar-refractivity contribution in [3.8, 4) is 28.6 Å². The average molecular weight is 696 g/mol. The lowest BCUT2D eigenvalue weighted by atomic mass is 10.2. The summed E-state index contributed by atoms with van der Waals surface area (Å²) in [5.41, 5.74) is 4.83. The van der Waals surface area contributed by atoms with E-state index < -0.39 is 5.82 Å². The first-order valence-electron chi connectivity index (χ1n) is 16.3. The molecule has 2 aliphatic heterocycles. The molecule has 17 nitrogen and oxygen atoms in total. The number of aromatic nitrogens is 10. The highest BCUT2D eigenvalue weighted by Crippen LogP contribution is 2.29. The van der Waals surface area contributed by atoms with Crippen LogP contribution in [0.15, 0.2) is 54.2 Å². The Kier molecular flexibility index (Phi) is 10.1. The van der Waals surface area contributed by atoms with Crippen molar-refractivity contribution in [3.05, 3.63) is 65.6 Å². The van der Waals surface area contributed by atoms with Crippen molar-refractivity contribution in [1.29, 1.82) is 5.26 Å². The molecule has 1 N–H and O–H groups in total. The number of H-pyrrole nitrogens is 1. The number of imidazole rings is 2. The number of anilines is 2. The van der Waals surface area contributed by atoms with Gasteiger partial charge in [-0.1, -0.05) is 0 Å². The van der Waals surface area contributed by atoms with Gasteiger partial charge in [-0.25, -0.2) is 24.3 Å². The molecule has 2 fully saturated rings. The van der Waals surface area contributed by atoms with Gasteiger partial charge in [0.25, 0.3) is 0 Å². The average Bonchev–Trinajstić information content (AvgIpc) is 3.78. The molecule has 0 radical (unpaired) electrons. The van der Waals surface area contributed by atoms with Crippen LogP contribution in [0.4, 0.5) is 16.3 Å². The van der Waals surface area contributed by atoms with E-state index in [9.17, 15) is 9.18 Å². The molecule has 0 amide bonds. The Morgan fingerprint density at radius 2 is 1.47 bits per heavy atom. The topological polar surface area (TPSA) is 191 Å². The van der Waals surface area contributed by atoms with E-state index in [0.717, 1.165) is 5.56 Å². The van der Waals surface area contributed by atoms with E-state index in [0.29, 0.717) is 117 Å². The molecule has 0 bridgehead atoms. The van der Waals surface area contributed by atoms with Crippen LogP contribution in [0.2, 0.25) is 0 Å². The monoisotopic (exact) mass is 695 g/mol. The predicted octanol–water partition coefficient (Wildman–Crippen LogP) is 2.05. The maximum absolute atomic E-state index is 13.7. The molecule has 6 aromatic heterocycles. The van der Waals surface area contributed by atoms with Crippen LogP contribution in [0.3, 0.4) is 0 Å². The van der Waals surface area contributed by atoms with Crippen LogP contribution >= 0.6 is 0 Å². The molecule has 2 saturated heterocycles. The first-order chi connectivity index (χ1) is 25.0. The van der Waals surface area contributed by atoms with E-state index in [4.69, 9.17) is 24.5 Å². The maximum atomic E-state index is 13.7. The molecule has 51 heavy (non-hydrogen) atoms. The molecule has 262 valence electrons. The zero-order valence-electron chi connectivity index (χ0n) is 27.8. The number of nitrogens with one attached hydrogen (secondary N) is 1. The van der Waals surface area contributed by atoms with E-state index in [1.165, 1.54) is 18.3 Å². The molecule has 0 atom stereocenters. The summed E-state index contributed by atoms with van der Waals surface area (Å²) in [6.45, 7) is 6.61. The molecule has 2 aliphatic rings. The number of hydrogen-bond donors (Lipinski definition) is 1. The van der Waals surface area contributed by atoms with Crippen LogP contribution in [-0.2, 0) is 27.3 Å². The Bertz CT molecular complexity index is 2220. The van der Waals surface area contributed by atoms with Gasteiger partial charge in [0.05, 0.1) is 58.0 Å². The fourth-order valence-corrected chi connectivity index (χ4v) is 5.72. The number of fused-ring (bicyclic) bond motifs is 2. The fourth-order valence-electron chi connectivity index (χ4n) is 5.72. The Hall–Kier alpha value is -5.90. The summed E-state index contributed by atoms with van der Waals surface area (Å²) in [6, 6.07) is 6.67. The highest BCUT2D eigenvalue weighted by molar-refractivity contribution is 5.89. The number of rotatable bonds is 8. The summed E-state index contributed by atoms with van der Waals surface area (Å²) in [5.74, 6) is 0.733. The Balaban J connectivity index is 0.000000159. The minimum absolute atomic E-state index is 0.154. The Labute approximate surface area is 290 Å². The maximum Gasteiger partial charge on any atom is 0.247 e. The van der Waals surface area contributed by atoms with Gasteiger partial charge < -0.3 is 38.1 Å². The smallest absolute Gasteiger partial charge is 0.247 e. The van der Waals surface area contributed by atoms with E-state index in [1.807, 2.05) is 9.47 Å². The number of ether oxygens (including phenoxy) is 3. The first kappa shape index (κ1) is 33.6. The van der Waals surface area contributed by atoms with Gasteiger partial charge >= 0.3 is 0 Å². The summed E-state index contributed by atoms with van der Waals surface area (Å²) >= 11 is 0. The number of halogens is 1. The number of hydrogen-bond acceptors (Lipinski definition) is 14. The van der Waals surface area contributed by atoms with Crippen LogP contribution in [0.5, 0.6) is 0 Å². The summed E-state index contributed by atoms with van der Waals surface area (Å²) < 4.78 is 33.3. The number of morpholine rings is 2. The molecule has 8 heterocycles. The third-order valence-electron chi connectivity index (χ3n) is 8.31. The van der Waals surface area contributed by atoms with Gasteiger partial charge in [-0.3, -0.25) is 9.78 Å². The largest absolute Gasteiger partial charge is 0.383 e. The predicted molar refractivity (Wildman–Crippen MR) is 183 cm³/mol. The Morgan fingerprint density at radius 3 is 2.04 bits per heavy atom. The Morgan fingerprint density at radius 1 is 0.863 bits per heavy atom. The lowest BCUT2D eigenvalue weighted by molar-refractivity contribution is 0.122. The fraction of sp³-hybridized carbons (Fsp3) is 0.364. The van der Waals surface area contributed by atoms with E-state index >= 15 is 0 Å². The van der Waals surface area contributed by atoms with Crippen LogP contribution < -0.4 is 15.4 Å².